The van der Waals surface area contributed by atoms with Gasteiger partial charge in [-0.1, -0.05) is 54.2 Å². The van der Waals surface area contributed by atoms with E-state index in [1.54, 1.807) is 4.57 Å². The zero-order chi connectivity index (χ0) is 19.7. The zero-order valence-electron chi connectivity index (χ0n) is 15.8. The lowest BCUT2D eigenvalue weighted by molar-refractivity contribution is -0.115. The van der Waals surface area contributed by atoms with Crippen LogP contribution < -0.4 is 11.0 Å². The van der Waals surface area contributed by atoms with Crippen LogP contribution in [-0.2, 0) is 4.79 Å². The first-order valence-electron chi connectivity index (χ1n) is 9.29. The molecule has 1 amide bonds. The fourth-order valence-corrected chi connectivity index (χ4v) is 4.22. The van der Waals surface area contributed by atoms with Gasteiger partial charge in [0.15, 0.2) is 5.16 Å². The van der Waals surface area contributed by atoms with Crippen molar-refractivity contribution < 1.29 is 4.79 Å². The van der Waals surface area contributed by atoms with E-state index in [1.807, 2.05) is 62.4 Å². The van der Waals surface area contributed by atoms with E-state index >= 15 is 0 Å². The number of anilines is 1. The Morgan fingerprint density at radius 2 is 1.96 bits per heavy atom. The Morgan fingerprint density at radius 1 is 1.21 bits per heavy atom. The largest absolute Gasteiger partial charge is 0.344 e. The summed E-state index contributed by atoms with van der Waals surface area (Å²) in [5, 5.41) is 9.79. The van der Waals surface area contributed by atoms with Crippen molar-refractivity contribution in [3.8, 4) is 0 Å². The Kier molecular flexibility index (Phi) is 5.09. The second-order valence-electron chi connectivity index (χ2n) is 7.13. The van der Waals surface area contributed by atoms with Crippen LogP contribution in [0.4, 0.5) is 5.69 Å². The molecule has 1 heterocycles. The van der Waals surface area contributed by atoms with Crippen molar-refractivity contribution in [1.82, 2.24) is 14.8 Å². The molecule has 4 rings (SSSR count). The molecule has 1 atom stereocenters. The summed E-state index contributed by atoms with van der Waals surface area (Å²) < 4.78 is 1.67. The highest BCUT2D eigenvalue weighted by Crippen LogP contribution is 2.40. The topological polar surface area (TPSA) is 79.8 Å². The molecule has 0 spiro atoms. The van der Waals surface area contributed by atoms with Gasteiger partial charge in [0.25, 0.3) is 0 Å². The van der Waals surface area contributed by atoms with Gasteiger partial charge in [0, 0.05) is 11.7 Å². The Hall–Kier alpha value is -2.80. The second-order valence-corrected chi connectivity index (χ2v) is 8.20. The van der Waals surface area contributed by atoms with Gasteiger partial charge in [-0.15, -0.1) is 5.10 Å². The molecule has 1 aromatic heterocycles. The van der Waals surface area contributed by atoms with E-state index in [0.29, 0.717) is 5.16 Å². The summed E-state index contributed by atoms with van der Waals surface area (Å²) in [7, 11) is 0. The lowest BCUT2D eigenvalue weighted by atomic mass is 10.1. The smallest absolute Gasteiger partial charge is 0.325 e. The standard InChI is InChI=1S/C21H22N4O2S/c1-13-8-9-14(2)17(12-13)22-19(26)18(15-6-4-3-5-7-15)28-21-24-23-20(27)25(21)16-10-11-16/h3-9,12,16,18H,10-11H2,1-2H3,(H,22,26)(H,23,27)/t18-/m0/s1. The highest BCUT2D eigenvalue weighted by molar-refractivity contribution is 8.00. The number of nitrogens with one attached hydrogen (secondary N) is 2. The number of rotatable bonds is 6. The molecule has 0 saturated heterocycles. The number of aromatic nitrogens is 3. The average molecular weight is 395 g/mol. The molecule has 0 aliphatic heterocycles. The summed E-state index contributed by atoms with van der Waals surface area (Å²) in [6.45, 7) is 3.97. The van der Waals surface area contributed by atoms with E-state index < -0.39 is 5.25 Å². The van der Waals surface area contributed by atoms with Crippen LogP contribution in [0.2, 0.25) is 0 Å². The predicted molar refractivity (Wildman–Crippen MR) is 111 cm³/mol. The number of carbonyl (C=O) groups is 1. The van der Waals surface area contributed by atoms with Gasteiger partial charge in [0.05, 0.1) is 0 Å². The van der Waals surface area contributed by atoms with E-state index in [0.717, 1.165) is 35.2 Å². The van der Waals surface area contributed by atoms with Gasteiger partial charge in [0.1, 0.15) is 5.25 Å². The molecule has 7 heteroatoms. The zero-order valence-corrected chi connectivity index (χ0v) is 16.6. The van der Waals surface area contributed by atoms with Crippen LogP contribution in [0.25, 0.3) is 0 Å². The SMILES string of the molecule is Cc1ccc(C)c(NC(=O)[C@@H](Sc2n[nH]c(=O)n2C2CC2)c2ccccc2)c1. The first-order valence-corrected chi connectivity index (χ1v) is 10.2. The van der Waals surface area contributed by atoms with E-state index in [4.69, 9.17) is 0 Å². The Labute approximate surface area is 167 Å². The minimum atomic E-state index is -0.520. The third-order valence-electron chi connectivity index (χ3n) is 4.80. The van der Waals surface area contributed by atoms with Crippen molar-refractivity contribution in [3.05, 3.63) is 75.7 Å². The normalized spacial score (nSPS) is 14.6. The minimum absolute atomic E-state index is 0.136. The molecule has 1 fully saturated rings. The number of aryl methyl sites for hydroxylation is 2. The van der Waals surface area contributed by atoms with Crippen LogP contribution >= 0.6 is 11.8 Å². The second kappa shape index (κ2) is 7.67. The molecule has 1 aliphatic carbocycles. The summed E-state index contributed by atoms with van der Waals surface area (Å²) in [5.74, 6) is -0.136. The number of aromatic amines is 1. The van der Waals surface area contributed by atoms with Crippen molar-refractivity contribution in [2.24, 2.45) is 0 Å². The van der Waals surface area contributed by atoms with Crippen LogP contribution in [0.5, 0.6) is 0 Å². The quantitative estimate of drug-likeness (QED) is 0.620. The minimum Gasteiger partial charge on any atom is -0.325 e. The van der Waals surface area contributed by atoms with Gasteiger partial charge < -0.3 is 5.32 Å². The van der Waals surface area contributed by atoms with Gasteiger partial charge in [-0.2, -0.15) is 0 Å². The number of carbonyl (C=O) groups excluding carboxylic acids is 1. The maximum Gasteiger partial charge on any atom is 0.344 e. The molecular weight excluding hydrogens is 372 g/mol. The van der Waals surface area contributed by atoms with Gasteiger partial charge >= 0.3 is 5.69 Å². The molecule has 2 aromatic carbocycles. The maximum absolute atomic E-state index is 13.2. The Balaban J connectivity index is 1.65. The highest BCUT2D eigenvalue weighted by Gasteiger charge is 2.31. The van der Waals surface area contributed by atoms with Crippen LogP contribution in [-0.4, -0.2) is 20.7 Å². The molecule has 1 aliphatic rings. The fourth-order valence-electron chi connectivity index (χ4n) is 3.10. The Morgan fingerprint density at radius 3 is 2.68 bits per heavy atom. The van der Waals surface area contributed by atoms with Crippen molar-refractivity contribution in [1.29, 1.82) is 0 Å². The number of hydrogen-bond acceptors (Lipinski definition) is 4. The monoisotopic (exact) mass is 394 g/mol. The van der Waals surface area contributed by atoms with Crippen LogP contribution in [0, 0.1) is 13.8 Å². The fraction of sp³-hybridized carbons (Fsp3) is 0.286. The molecule has 1 saturated carbocycles. The average Bonchev–Trinajstić information content (AvgIpc) is 3.46. The number of hydrogen-bond donors (Lipinski definition) is 2. The maximum atomic E-state index is 13.2. The van der Waals surface area contributed by atoms with Gasteiger partial charge in [0.2, 0.25) is 5.91 Å². The molecular formula is C21H22N4O2S. The molecule has 0 bridgehead atoms. The molecule has 2 N–H and O–H groups in total. The number of amides is 1. The van der Waals surface area contributed by atoms with E-state index in [1.165, 1.54) is 11.8 Å². The summed E-state index contributed by atoms with van der Waals surface area (Å²) in [5.41, 5.74) is 3.54. The van der Waals surface area contributed by atoms with E-state index in [-0.39, 0.29) is 17.6 Å². The predicted octanol–water partition coefficient (Wildman–Crippen LogP) is 4.00. The molecule has 3 aromatic rings. The van der Waals surface area contributed by atoms with Crippen molar-refractivity contribution >= 4 is 23.4 Å². The van der Waals surface area contributed by atoms with Crippen LogP contribution in [0.3, 0.4) is 0 Å². The molecule has 0 unspecified atom stereocenters. The van der Waals surface area contributed by atoms with E-state index in [2.05, 4.69) is 15.5 Å². The first-order chi connectivity index (χ1) is 13.5. The van der Waals surface area contributed by atoms with Crippen molar-refractivity contribution in [3.63, 3.8) is 0 Å². The number of nitrogens with zero attached hydrogens (tertiary/aromatic N) is 2. The highest BCUT2D eigenvalue weighted by atomic mass is 32.2. The summed E-state index contributed by atoms with van der Waals surface area (Å²) in [6.07, 6.45) is 1.94. The lowest BCUT2D eigenvalue weighted by Gasteiger charge is -2.18. The molecule has 28 heavy (non-hydrogen) atoms. The lowest BCUT2D eigenvalue weighted by Crippen LogP contribution is -2.21. The summed E-state index contributed by atoms with van der Waals surface area (Å²) in [4.78, 5) is 25.3. The number of thioether (sulfide) groups is 1. The Bertz CT molecular complexity index is 1050. The number of H-pyrrole nitrogens is 1. The third kappa shape index (κ3) is 3.89. The molecule has 0 radical (unpaired) electrons. The van der Waals surface area contributed by atoms with Crippen molar-refractivity contribution in [2.75, 3.05) is 5.32 Å². The first kappa shape index (κ1) is 18.6. The third-order valence-corrected chi connectivity index (χ3v) is 6.02. The number of benzene rings is 2. The summed E-state index contributed by atoms with van der Waals surface area (Å²) >= 11 is 1.30. The van der Waals surface area contributed by atoms with Gasteiger partial charge in [-0.25, -0.2) is 9.89 Å². The van der Waals surface area contributed by atoms with Crippen LogP contribution in [0.1, 0.15) is 40.8 Å². The molecule has 6 nitrogen and oxygen atoms in total. The van der Waals surface area contributed by atoms with E-state index in [9.17, 15) is 9.59 Å². The van der Waals surface area contributed by atoms with Gasteiger partial charge in [-0.3, -0.25) is 9.36 Å². The molecule has 144 valence electrons. The van der Waals surface area contributed by atoms with Gasteiger partial charge in [-0.05, 0) is 49.4 Å². The van der Waals surface area contributed by atoms with Crippen LogP contribution in [0.15, 0.2) is 58.5 Å². The summed E-state index contributed by atoms with van der Waals surface area (Å²) in [6, 6.07) is 15.8. The van der Waals surface area contributed by atoms with Crippen molar-refractivity contribution in [2.45, 2.75) is 43.1 Å².